The van der Waals surface area contributed by atoms with Crippen molar-refractivity contribution in [2.24, 2.45) is 11.3 Å². The highest BCUT2D eigenvalue weighted by Gasteiger charge is 2.59. The topological polar surface area (TPSA) is 98.2 Å². The zero-order chi connectivity index (χ0) is 29.3. The third-order valence-electron chi connectivity index (χ3n) is 6.47. The number of halogens is 4. The van der Waals surface area contributed by atoms with E-state index in [9.17, 15) is 27.9 Å². The number of nitrogens with zero attached hydrogens (tertiary/aromatic N) is 2. The van der Waals surface area contributed by atoms with Crippen LogP contribution in [0.1, 0.15) is 57.4 Å². The van der Waals surface area contributed by atoms with E-state index in [1.165, 1.54) is 7.11 Å². The number of carboxylic acids is 1. The van der Waals surface area contributed by atoms with Crippen LogP contribution in [-0.2, 0) is 27.1 Å². The first-order valence-electron chi connectivity index (χ1n) is 12.2. The Morgan fingerprint density at radius 3 is 2.36 bits per heavy atom. The van der Waals surface area contributed by atoms with Crippen LogP contribution in [0.25, 0.3) is 0 Å². The Kier molecular flexibility index (Phi) is 9.06. The molecule has 0 radical (unpaired) electrons. The third kappa shape index (κ3) is 6.75. The molecule has 1 fully saturated rings. The van der Waals surface area contributed by atoms with Crippen molar-refractivity contribution in [3.63, 3.8) is 0 Å². The molecule has 1 saturated heterocycles. The highest BCUT2D eigenvalue weighted by molar-refractivity contribution is 6.30. The van der Waals surface area contributed by atoms with Crippen molar-refractivity contribution >= 4 is 23.7 Å². The second-order valence-electron chi connectivity index (χ2n) is 10.7. The fourth-order valence-corrected chi connectivity index (χ4v) is 5.17. The lowest BCUT2D eigenvalue weighted by atomic mass is 9.73. The molecule has 1 aliphatic heterocycles. The Balaban J connectivity index is 2.17. The molecule has 1 N–H and O–H groups in total. The molecule has 12 heteroatoms. The lowest BCUT2D eigenvalue weighted by molar-refractivity contribution is -0.145. The van der Waals surface area contributed by atoms with Gasteiger partial charge in [0, 0.05) is 22.7 Å². The summed E-state index contributed by atoms with van der Waals surface area (Å²) < 4.78 is 57.1. The number of carboxylic acid groups (broad SMARTS) is 1. The van der Waals surface area contributed by atoms with Gasteiger partial charge in [0.2, 0.25) is 5.88 Å². The number of carbonyl (C=O) groups excluding carboxylic acids is 1. The van der Waals surface area contributed by atoms with Crippen LogP contribution < -0.4 is 4.74 Å². The number of hydrogen-bond acceptors (Lipinski definition) is 6. The number of methoxy groups -OCH3 is 1. The lowest BCUT2D eigenvalue weighted by Crippen LogP contribution is -2.47. The molecular formula is C27H32ClF3N2O6. The zero-order valence-electron chi connectivity index (χ0n) is 22.5. The lowest BCUT2D eigenvalue weighted by Gasteiger charge is -2.34. The molecule has 0 bridgehead atoms. The van der Waals surface area contributed by atoms with Crippen LogP contribution in [0.5, 0.6) is 5.88 Å². The number of likely N-dealkylation sites (tertiary alicyclic amines) is 1. The van der Waals surface area contributed by atoms with E-state index in [1.807, 2.05) is 20.8 Å². The maximum Gasteiger partial charge on any atom is 0.417 e. The molecule has 0 aliphatic carbocycles. The summed E-state index contributed by atoms with van der Waals surface area (Å²) in [6.07, 6.45) is -6.37. The van der Waals surface area contributed by atoms with Crippen LogP contribution in [0.15, 0.2) is 36.5 Å². The summed E-state index contributed by atoms with van der Waals surface area (Å²) in [6.45, 7) is 8.31. The van der Waals surface area contributed by atoms with Gasteiger partial charge in [-0.3, -0.25) is 4.90 Å². The number of aromatic nitrogens is 1. The fourth-order valence-electron chi connectivity index (χ4n) is 4.97. The molecule has 3 rings (SSSR count). The van der Waals surface area contributed by atoms with Crippen molar-refractivity contribution in [2.45, 2.75) is 71.7 Å². The second kappa shape index (κ2) is 11.6. The molecule has 0 spiro atoms. The van der Waals surface area contributed by atoms with Crippen LogP contribution in [-0.4, -0.2) is 52.4 Å². The van der Waals surface area contributed by atoms with E-state index in [0.29, 0.717) is 16.8 Å². The van der Waals surface area contributed by atoms with E-state index in [0.717, 1.165) is 11.0 Å². The summed E-state index contributed by atoms with van der Waals surface area (Å²) in [5.41, 5.74) is -1.22. The number of benzene rings is 1. The second-order valence-corrected chi connectivity index (χ2v) is 11.1. The number of ether oxygens (including phenoxy) is 3. The standard InChI is InChI=1S/C27H32ClF3N2O6/c1-14(2)39-25(36)33-20(15-8-7-9-18(28)11-15)22(19(26(3,4)5)21(33)24(34)35)38-13-16-10-17(27(29,30)31)12-32-23(16)37-6/h7-12,14,19-22H,13H2,1-6H3,(H,34,35)/t19-,20+,21+,22+/m1/s1. The predicted molar refractivity (Wildman–Crippen MR) is 136 cm³/mol. The number of pyridine rings is 1. The van der Waals surface area contributed by atoms with Gasteiger partial charge in [-0.1, -0.05) is 44.5 Å². The summed E-state index contributed by atoms with van der Waals surface area (Å²) in [6, 6.07) is 5.08. The van der Waals surface area contributed by atoms with Gasteiger partial charge >= 0.3 is 18.2 Å². The van der Waals surface area contributed by atoms with Gasteiger partial charge in [0.25, 0.3) is 0 Å². The van der Waals surface area contributed by atoms with Crippen molar-refractivity contribution in [1.82, 2.24) is 9.88 Å². The van der Waals surface area contributed by atoms with E-state index in [1.54, 1.807) is 38.1 Å². The average Bonchev–Trinajstić information content (AvgIpc) is 3.17. The Labute approximate surface area is 230 Å². The predicted octanol–water partition coefficient (Wildman–Crippen LogP) is 6.37. The monoisotopic (exact) mass is 572 g/mol. The Bertz CT molecular complexity index is 1200. The van der Waals surface area contributed by atoms with E-state index in [-0.39, 0.29) is 11.4 Å². The third-order valence-corrected chi connectivity index (χ3v) is 6.71. The van der Waals surface area contributed by atoms with Crippen LogP contribution in [0.4, 0.5) is 18.0 Å². The van der Waals surface area contributed by atoms with Crippen LogP contribution in [0.3, 0.4) is 0 Å². The normalized spacial score (nSPS) is 21.8. The van der Waals surface area contributed by atoms with Crippen molar-refractivity contribution in [3.05, 3.63) is 58.2 Å². The molecule has 0 unspecified atom stereocenters. The number of amides is 1. The van der Waals surface area contributed by atoms with Crippen LogP contribution in [0.2, 0.25) is 5.02 Å². The van der Waals surface area contributed by atoms with E-state index in [4.69, 9.17) is 25.8 Å². The minimum Gasteiger partial charge on any atom is -0.481 e. The summed E-state index contributed by atoms with van der Waals surface area (Å²) in [4.78, 5) is 31.0. The van der Waals surface area contributed by atoms with Gasteiger partial charge in [0.15, 0.2) is 0 Å². The summed E-state index contributed by atoms with van der Waals surface area (Å²) in [7, 11) is 1.27. The molecular weight excluding hydrogens is 541 g/mol. The molecule has 2 aromatic rings. The number of hydrogen-bond donors (Lipinski definition) is 1. The number of rotatable bonds is 7. The van der Waals surface area contributed by atoms with Gasteiger partial charge in [0.05, 0.1) is 37.5 Å². The van der Waals surface area contributed by atoms with E-state index >= 15 is 0 Å². The first-order chi connectivity index (χ1) is 18.1. The number of carbonyl (C=O) groups is 2. The summed E-state index contributed by atoms with van der Waals surface area (Å²) in [5.74, 6) is -2.14. The smallest absolute Gasteiger partial charge is 0.417 e. The van der Waals surface area contributed by atoms with Gasteiger partial charge in [-0.05, 0) is 43.0 Å². The maximum atomic E-state index is 13.4. The highest BCUT2D eigenvalue weighted by Crippen LogP contribution is 2.50. The number of aliphatic carboxylic acids is 1. The van der Waals surface area contributed by atoms with Crippen LogP contribution in [0, 0.1) is 11.3 Å². The van der Waals surface area contributed by atoms with Gasteiger partial charge in [0.1, 0.15) is 6.04 Å². The molecule has 2 heterocycles. The molecule has 39 heavy (non-hydrogen) atoms. The largest absolute Gasteiger partial charge is 0.481 e. The van der Waals surface area contributed by atoms with Gasteiger partial charge < -0.3 is 19.3 Å². The Morgan fingerprint density at radius 1 is 1.18 bits per heavy atom. The first kappa shape index (κ1) is 30.5. The molecule has 214 valence electrons. The Morgan fingerprint density at radius 2 is 1.85 bits per heavy atom. The fraction of sp³-hybridized carbons (Fsp3) is 0.519. The quantitative estimate of drug-likeness (QED) is 0.412. The van der Waals surface area contributed by atoms with Crippen LogP contribution >= 0.6 is 11.6 Å². The number of alkyl halides is 3. The van der Waals surface area contributed by atoms with Crippen molar-refractivity contribution in [1.29, 1.82) is 0 Å². The first-order valence-corrected chi connectivity index (χ1v) is 12.6. The van der Waals surface area contributed by atoms with Crippen molar-refractivity contribution < 1.29 is 42.1 Å². The molecule has 4 atom stereocenters. The minimum absolute atomic E-state index is 0.0138. The molecule has 1 aliphatic rings. The molecule has 1 amide bonds. The minimum atomic E-state index is -4.65. The molecule has 1 aromatic heterocycles. The van der Waals surface area contributed by atoms with Crippen molar-refractivity contribution in [2.75, 3.05) is 7.11 Å². The molecule has 8 nitrogen and oxygen atoms in total. The highest BCUT2D eigenvalue weighted by atomic mass is 35.5. The SMILES string of the molecule is COc1ncc(C(F)(F)F)cc1CO[C@H]1[C@H](C(C)(C)C)[C@@H](C(=O)O)N(C(=O)OC(C)C)[C@H]1c1cccc(Cl)c1. The van der Waals surface area contributed by atoms with Gasteiger partial charge in [-0.2, -0.15) is 13.2 Å². The summed E-state index contributed by atoms with van der Waals surface area (Å²) >= 11 is 6.26. The van der Waals surface area contributed by atoms with Crippen molar-refractivity contribution in [3.8, 4) is 5.88 Å². The van der Waals surface area contributed by atoms with E-state index < -0.39 is 66.0 Å². The molecule has 0 saturated carbocycles. The average molecular weight is 573 g/mol. The van der Waals surface area contributed by atoms with E-state index in [2.05, 4.69) is 4.98 Å². The zero-order valence-corrected chi connectivity index (χ0v) is 23.2. The van der Waals surface area contributed by atoms with Gasteiger partial charge in [-0.15, -0.1) is 0 Å². The Hall–Kier alpha value is -3.05. The molecule has 1 aromatic carbocycles. The maximum absolute atomic E-state index is 13.4. The van der Waals surface area contributed by atoms with Gasteiger partial charge in [-0.25, -0.2) is 14.6 Å². The summed E-state index contributed by atoms with van der Waals surface area (Å²) in [5, 5.41) is 10.7.